The average molecular weight is 423 g/mol. The first-order valence-corrected chi connectivity index (χ1v) is 11.0. The summed E-state index contributed by atoms with van der Waals surface area (Å²) in [5, 5.41) is 0. The van der Waals surface area contributed by atoms with Crippen LogP contribution in [0.2, 0.25) is 0 Å². The molecule has 30 heavy (non-hydrogen) atoms. The minimum atomic E-state index is -0.566. The molecule has 0 saturated carbocycles. The third-order valence-corrected chi connectivity index (χ3v) is 5.88. The van der Waals surface area contributed by atoms with Crippen LogP contribution in [-0.2, 0) is 19.1 Å². The second kappa shape index (κ2) is 9.22. The molecule has 1 unspecified atom stereocenters. The zero-order valence-corrected chi connectivity index (χ0v) is 18.4. The lowest BCUT2D eigenvalue weighted by atomic mass is 9.96. The van der Waals surface area contributed by atoms with Gasteiger partial charge in [-0.3, -0.25) is 14.4 Å². The van der Waals surface area contributed by atoms with Gasteiger partial charge in [0.05, 0.1) is 5.92 Å². The van der Waals surface area contributed by atoms with Crippen LogP contribution in [0.1, 0.15) is 46.5 Å². The van der Waals surface area contributed by atoms with Crippen LogP contribution in [0, 0.1) is 5.92 Å². The van der Waals surface area contributed by atoms with Crippen molar-refractivity contribution in [2.24, 2.45) is 5.92 Å². The first kappa shape index (κ1) is 22.4. The van der Waals surface area contributed by atoms with Gasteiger partial charge in [0.15, 0.2) is 0 Å². The third-order valence-electron chi connectivity index (χ3n) is 5.88. The van der Waals surface area contributed by atoms with Crippen LogP contribution in [0.3, 0.4) is 0 Å². The smallest absolute Gasteiger partial charge is 0.410 e. The van der Waals surface area contributed by atoms with Crippen LogP contribution in [0.25, 0.3) is 0 Å². The molecule has 3 fully saturated rings. The molecule has 3 aliphatic heterocycles. The van der Waals surface area contributed by atoms with Crippen LogP contribution in [0.15, 0.2) is 0 Å². The summed E-state index contributed by atoms with van der Waals surface area (Å²) in [5.41, 5.74) is -0.566. The largest absolute Gasteiger partial charge is 0.444 e. The van der Waals surface area contributed by atoms with Crippen LogP contribution >= 0.6 is 0 Å². The topological polar surface area (TPSA) is 90.5 Å². The van der Waals surface area contributed by atoms with Crippen LogP contribution < -0.4 is 0 Å². The molecule has 0 aromatic rings. The van der Waals surface area contributed by atoms with Gasteiger partial charge in [0, 0.05) is 52.4 Å². The van der Waals surface area contributed by atoms with Gasteiger partial charge in [0.1, 0.15) is 5.60 Å². The number of carbonyl (C=O) groups excluding carboxylic acids is 4. The van der Waals surface area contributed by atoms with Crippen molar-refractivity contribution < 1.29 is 23.9 Å². The molecule has 3 rings (SSSR count). The number of likely N-dealkylation sites (tertiary alicyclic amines) is 2. The van der Waals surface area contributed by atoms with Gasteiger partial charge in [-0.05, 0) is 46.5 Å². The quantitative estimate of drug-likeness (QED) is 0.587. The van der Waals surface area contributed by atoms with E-state index in [0.29, 0.717) is 52.4 Å². The molecular formula is C21H34N4O5. The Labute approximate surface area is 178 Å². The number of piperidine rings is 1. The number of hydrogen-bond acceptors (Lipinski definition) is 5. The Kier molecular flexibility index (Phi) is 6.88. The minimum Gasteiger partial charge on any atom is -0.444 e. The summed E-state index contributed by atoms with van der Waals surface area (Å²) in [6, 6.07) is 0. The molecule has 3 aliphatic rings. The summed E-state index contributed by atoms with van der Waals surface area (Å²) >= 11 is 0. The highest BCUT2D eigenvalue weighted by molar-refractivity contribution is 6.35. The van der Waals surface area contributed by atoms with E-state index in [1.54, 1.807) is 19.6 Å². The number of ether oxygens (including phenoxy) is 1. The molecule has 1 atom stereocenters. The summed E-state index contributed by atoms with van der Waals surface area (Å²) < 4.78 is 5.44. The Bertz CT molecular complexity index is 675. The Balaban J connectivity index is 1.49. The maximum atomic E-state index is 13.0. The van der Waals surface area contributed by atoms with E-state index in [4.69, 9.17) is 4.74 Å². The summed E-state index contributed by atoms with van der Waals surface area (Å²) in [7, 11) is 0. The molecule has 3 saturated heterocycles. The van der Waals surface area contributed by atoms with Crippen molar-refractivity contribution in [1.29, 1.82) is 0 Å². The highest BCUT2D eigenvalue weighted by atomic mass is 16.6. The predicted molar refractivity (Wildman–Crippen MR) is 110 cm³/mol. The minimum absolute atomic E-state index is 0.0150. The molecule has 0 spiro atoms. The van der Waals surface area contributed by atoms with E-state index in [0.717, 1.165) is 25.7 Å². The van der Waals surface area contributed by atoms with Crippen molar-refractivity contribution >= 4 is 23.8 Å². The first-order valence-electron chi connectivity index (χ1n) is 11.0. The molecule has 3 heterocycles. The van der Waals surface area contributed by atoms with E-state index in [2.05, 4.69) is 0 Å². The SMILES string of the molecule is CC(C)(C)OC(=O)N1CCCC(C(=O)N2CCN(C(=O)C(=O)N3CCCC3)CC2)C1. The zero-order valence-electron chi connectivity index (χ0n) is 18.4. The number of hydrogen-bond donors (Lipinski definition) is 0. The van der Waals surface area contributed by atoms with E-state index < -0.39 is 17.4 Å². The molecule has 0 radical (unpaired) electrons. The van der Waals surface area contributed by atoms with E-state index in [1.165, 1.54) is 0 Å². The van der Waals surface area contributed by atoms with Crippen molar-refractivity contribution in [3.63, 3.8) is 0 Å². The number of piperazine rings is 1. The van der Waals surface area contributed by atoms with Crippen molar-refractivity contribution in [1.82, 2.24) is 19.6 Å². The molecule has 0 bridgehead atoms. The summed E-state index contributed by atoms with van der Waals surface area (Å²) in [4.78, 5) is 56.7. The second-order valence-electron chi connectivity index (χ2n) is 9.38. The Hall–Kier alpha value is -2.32. The fraction of sp³-hybridized carbons (Fsp3) is 0.810. The standard InChI is InChI=1S/C21H34N4O5/c1-21(2,3)30-20(29)25-10-6-7-16(15-25)17(26)23-11-13-24(14-12-23)19(28)18(27)22-8-4-5-9-22/h16H,4-15H2,1-3H3. The van der Waals surface area contributed by atoms with Gasteiger partial charge in [-0.25, -0.2) is 4.79 Å². The predicted octanol–water partition coefficient (Wildman–Crippen LogP) is 0.927. The van der Waals surface area contributed by atoms with Gasteiger partial charge in [0.25, 0.3) is 0 Å². The maximum Gasteiger partial charge on any atom is 0.410 e. The summed E-state index contributed by atoms with van der Waals surface area (Å²) in [6.07, 6.45) is 3.02. The third kappa shape index (κ3) is 5.43. The van der Waals surface area contributed by atoms with Gasteiger partial charge in [-0.1, -0.05) is 0 Å². The number of amides is 4. The van der Waals surface area contributed by atoms with Crippen LogP contribution in [0.5, 0.6) is 0 Å². The van der Waals surface area contributed by atoms with Crippen LogP contribution in [0.4, 0.5) is 4.79 Å². The molecule has 0 aromatic heterocycles. The van der Waals surface area contributed by atoms with Crippen molar-refractivity contribution in [3.05, 3.63) is 0 Å². The lowest BCUT2D eigenvalue weighted by Gasteiger charge is -2.39. The second-order valence-corrected chi connectivity index (χ2v) is 9.38. The average Bonchev–Trinajstić information content (AvgIpc) is 3.26. The zero-order chi connectivity index (χ0) is 21.9. The lowest BCUT2D eigenvalue weighted by molar-refractivity contribution is -0.153. The van der Waals surface area contributed by atoms with E-state index >= 15 is 0 Å². The van der Waals surface area contributed by atoms with Gasteiger partial charge >= 0.3 is 17.9 Å². The molecule has 0 N–H and O–H groups in total. The van der Waals surface area contributed by atoms with Crippen molar-refractivity contribution in [2.75, 3.05) is 52.4 Å². The normalized spacial score (nSPS) is 22.8. The molecule has 168 valence electrons. The highest BCUT2D eigenvalue weighted by Crippen LogP contribution is 2.22. The molecule has 4 amide bonds. The number of rotatable bonds is 1. The van der Waals surface area contributed by atoms with Gasteiger partial charge in [-0.2, -0.15) is 0 Å². The lowest BCUT2D eigenvalue weighted by Crippen LogP contribution is -2.56. The maximum absolute atomic E-state index is 13.0. The Morgan fingerprint density at radius 2 is 1.20 bits per heavy atom. The molecule has 9 nitrogen and oxygen atoms in total. The van der Waals surface area contributed by atoms with E-state index in [9.17, 15) is 19.2 Å². The van der Waals surface area contributed by atoms with Gasteiger partial charge < -0.3 is 24.3 Å². The Morgan fingerprint density at radius 3 is 1.77 bits per heavy atom. The fourth-order valence-corrected chi connectivity index (χ4v) is 4.25. The fourth-order valence-electron chi connectivity index (χ4n) is 4.25. The van der Waals surface area contributed by atoms with Crippen LogP contribution in [-0.4, -0.2) is 101 Å². The van der Waals surface area contributed by atoms with Crippen molar-refractivity contribution in [2.45, 2.75) is 52.1 Å². The van der Waals surface area contributed by atoms with E-state index in [-0.39, 0.29) is 17.9 Å². The Morgan fingerprint density at radius 1 is 0.700 bits per heavy atom. The number of carbonyl (C=O) groups is 4. The number of nitrogens with zero attached hydrogens (tertiary/aromatic N) is 4. The highest BCUT2D eigenvalue weighted by Gasteiger charge is 2.36. The molecule has 0 aromatic carbocycles. The molecule has 9 heteroatoms. The van der Waals surface area contributed by atoms with Gasteiger partial charge in [0.2, 0.25) is 5.91 Å². The summed E-state index contributed by atoms with van der Waals surface area (Å²) in [6.45, 7) is 9.31. The molecular weight excluding hydrogens is 388 g/mol. The first-order chi connectivity index (χ1) is 14.2. The molecule has 0 aliphatic carbocycles. The van der Waals surface area contributed by atoms with E-state index in [1.807, 2.05) is 20.8 Å². The van der Waals surface area contributed by atoms with Gasteiger partial charge in [-0.15, -0.1) is 0 Å². The summed E-state index contributed by atoms with van der Waals surface area (Å²) in [5.74, 6) is -1.12. The van der Waals surface area contributed by atoms with Crippen molar-refractivity contribution in [3.8, 4) is 0 Å². The monoisotopic (exact) mass is 422 g/mol.